The minimum absolute atomic E-state index is 0.0416. The van der Waals surface area contributed by atoms with Crippen LogP contribution in [-0.2, 0) is 9.59 Å². The van der Waals surface area contributed by atoms with Crippen molar-refractivity contribution in [3.05, 3.63) is 23.3 Å². The molecule has 4 heteroatoms. The maximum atomic E-state index is 12.2. The van der Waals surface area contributed by atoms with E-state index in [1.807, 2.05) is 6.07 Å². The Labute approximate surface area is 120 Å². The minimum Gasteiger partial charge on any atom is -0.273 e. The summed E-state index contributed by atoms with van der Waals surface area (Å²) in [5.41, 5.74) is 0.701. The van der Waals surface area contributed by atoms with Crippen LogP contribution in [0.4, 0.5) is 0 Å². The molecule has 0 aromatic heterocycles. The molecule has 0 bridgehead atoms. The highest BCUT2D eigenvalue weighted by atomic mass is 16.2. The minimum atomic E-state index is -0.475. The maximum Gasteiger partial charge on any atom is 0.271 e. The molecule has 1 heterocycles. The van der Waals surface area contributed by atoms with Crippen molar-refractivity contribution < 1.29 is 9.59 Å². The third kappa shape index (κ3) is 3.16. The van der Waals surface area contributed by atoms with E-state index in [0.29, 0.717) is 12.1 Å². The molecular weight excluding hydrogens is 252 g/mol. The number of amides is 2. The smallest absolute Gasteiger partial charge is 0.271 e. The van der Waals surface area contributed by atoms with E-state index < -0.39 is 5.91 Å². The monoisotopic (exact) mass is 274 g/mol. The first-order valence-electron chi connectivity index (χ1n) is 7.14. The van der Waals surface area contributed by atoms with Crippen molar-refractivity contribution in [2.45, 2.75) is 46.5 Å². The summed E-state index contributed by atoms with van der Waals surface area (Å²) < 4.78 is 0. The van der Waals surface area contributed by atoms with Crippen molar-refractivity contribution in [1.82, 2.24) is 4.90 Å². The molecule has 1 unspecified atom stereocenters. The second-order valence-electron chi connectivity index (χ2n) is 5.23. The fourth-order valence-corrected chi connectivity index (χ4v) is 2.33. The molecule has 1 aliphatic rings. The Hall–Kier alpha value is -1.89. The molecule has 0 saturated carbocycles. The molecule has 4 nitrogen and oxygen atoms in total. The Morgan fingerprint density at radius 3 is 2.45 bits per heavy atom. The van der Waals surface area contributed by atoms with Gasteiger partial charge in [-0.3, -0.25) is 14.5 Å². The number of nitrogens with zero attached hydrogens (tertiary/aromatic N) is 2. The Balaban J connectivity index is 2.96. The van der Waals surface area contributed by atoms with E-state index in [0.717, 1.165) is 25.7 Å². The van der Waals surface area contributed by atoms with Crippen LogP contribution in [0.3, 0.4) is 0 Å². The molecule has 0 fully saturated rings. The van der Waals surface area contributed by atoms with E-state index in [1.165, 1.54) is 4.90 Å². The molecule has 1 rings (SSSR count). The number of hydrogen-bond acceptors (Lipinski definition) is 3. The molecule has 20 heavy (non-hydrogen) atoms. The predicted molar refractivity (Wildman–Crippen MR) is 77.5 cm³/mol. The van der Waals surface area contributed by atoms with Gasteiger partial charge in [-0.15, -0.1) is 0 Å². The highest BCUT2D eigenvalue weighted by molar-refractivity contribution is 6.17. The molecular formula is C16H22N2O2. The number of rotatable bonds is 6. The Kier molecular flexibility index (Phi) is 5.69. The van der Waals surface area contributed by atoms with Crippen LogP contribution in [0.5, 0.6) is 0 Å². The van der Waals surface area contributed by atoms with E-state index in [9.17, 15) is 9.59 Å². The fourth-order valence-electron chi connectivity index (χ4n) is 2.33. The SMILES string of the molecule is C=C1C(=O)N(CC(CC)CCCC)C(=O)C(C#N)=C1C. The number of nitriles is 1. The van der Waals surface area contributed by atoms with Gasteiger partial charge in [-0.05, 0) is 24.8 Å². The van der Waals surface area contributed by atoms with Crippen molar-refractivity contribution in [1.29, 1.82) is 5.26 Å². The van der Waals surface area contributed by atoms with Gasteiger partial charge in [0.25, 0.3) is 11.8 Å². The molecule has 0 spiro atoms. The number of imide groups is 1. The summed E-state index contributed by atoms with van der Waals surface area (Å²) in [5.74, 6) is -0.548. The highest BCUT2D eigenvalue weighted by Gasteiger charge is 2.35. The molecule has 108 valence electrons. The number of hydrogen-bond donors (Lipinski definition) is 0. The van der Waals surface area contributed by atoms with E-state index in [1.54, 1.807) is 6.92 Å². The van der Waals surface area contributed by atoms with Crippen LogP contribution in [0.25, 0.3) is 0 Å². The summed E-state index contributed by atoms with van der Waals surface area (Å²) in [5, 5.41) is 9.08. The average Bonchev–Trinajstić information content (AvgIpc) is 2.45. The van der Waals surface area contributed by atoms with Gasteiger partial charge < -0.3 is 0 Å². The summed E-state index contributed by atoms with van der Waals surface area (Å²) in [6.45, 7) is 9.85. The summed E-state index contributed by atoms with van der Waals surface area (Å²) in [6.07, 6.45) is 4.07. The van der Waals surface area contributed by atoms with Gasteiger partial charge in [0.1, 0.15) is 11.6 Å². The highest BCUT2D eigenvalue weighted by Crippen LogP contribution is 2.25. The normalized spacial score (nSPS) is 17.5. The Bertz CT molecular complexity index is 497. The zero-order chi connectivity index (χ0) is 15.3. The van der Waals surface area contributed by atoms with Crippen molar-refractivity contribution in [2.24, 2.45) is 5.92 Å². The quantitative estimate of drug-likeness (QED) is 0.552. The molecule has 0 saturated heterocycles. The molecule has 2 amide bonds. The number of carbonyl (C=O) groups is 2. The molecule has 1 aliphatic heterocycles. The van der Waals surface area contributed by atoms with Crippen molar-refractivity contribution in [3.63, 3.8) is 0 Å². The lowest BCUT2D eigenvalue weighted by atomic mass is 9.93. The van der Waals surface area contributed by atoms with Crippen LogP contribution in [0.15, 0.2) is 23.3 Å². The molecule has 0 aromatic carbocycles. The molecule has 1 atom stereocenters. The topological polar surface area (TPSA) is 61.2 Å². The largest absolute Gasteiger partial charge is 0.273 e. The van der Waals surface area contributed by atoms with Crippen molar-refractivity contribution in [2.75, 3.05) is 6.54 Å². The summed E-state index contributed by atoms with van der Waals surface area (Å²) >= 11 is 0. The van der Waals surface area contributed by atoms with Gasteiger partial charge >= 0.3 is 0 Å². The second kappa shape index (κ2) is 7.04. The molecule has 0 aromatic rings. The van der Waals surface area contributed by atoms with E-state index in [-0.39, 0.29) is 23.0 Å². The number of unbranched alkanes of at least 4 members (excludes halogenated alkanes) is 1. The summed E-state index contributed by atoms with van der Waals surface area (Å²) in [6, 6.07) is 1.89. The predicted octanol–water partition coefficient (Wildman–Crippen LogP) is 2.97. The standard InChI is InChI=1S/C16H22N2O2/c1-5-7-8-13(6-2)10-18-15(19)12(4)11(3)14(9-17)16(18)20/h13H,4-8,10H2,1-3H3. The van der Waals surface area contributed by atoms with Gasteiger partial charge in [0.05, 0.1) is 0 Å². The van der Waals surface area contributed by atoms with Crippen LogP contribution < -0.4 is 0 Å². The fraction of sp³-hybridized carbons (Fsp3) is 0.562. The molecule has 0 N–H and O–H groups in total. The summed E-state index contributed by atoms with van der Waals surface area (Å²) in [4.78, 5) is 25.6. The van der Waals surface area contributed by atoms with Gasteiger partial charge in [0, 0.05) is 12.1 Å². The zero-order valence-corrected chi connectivity index (χ0v) is 12.5. The Morgan fingerprint density at radius 1 is 1.30 bits per heavy atom. The lowest BCUT2D eigenvalue weighted by molar-refractivity contribution is -0.141. The van der Waals surface area contributed by atoms with Crippen molar-refractivity contribution >= 4 is 11.8 Å². The van der Waals surface area contributed by atoms with E-state index in [2.05, 4.69) is 20.4 Å². The third-order valence-electron chi connectivity index (χ3n) is 3.89. The van der Waals surface area contributed by atoms with Gasteiger partial charge in [0.2, 0.25) is 0 Å². The first kappa shape index (κ1) is 16.2. The molecule has 0 aliphatic carbocycles. The summed E-state index contributed by atoms with van der Waals surface area (Å²) in [7, 11) is 0. The van der Waals surface area contributed by atoms with E-state index >= 15 is 0 Å². The van der Waals surface area contributed by atoms with Gasteiger partial charge in [-0.1, -0.05) is 39.7 Å². The van der Waals surface area contributed by atoms with Crippen LogP contribution in [-0.4, -0.2) is 23.3 Å². The van der Waals surface area contributed by atoms with Crippen LogP contribution in [0.1, 0.15) is 46.5 Å². The van der Waals surface area contributed by atoms with Crippen LogP contribution >= 0.6 is 0 Å². The van der Waals surface area contributed by atoms with Gasteiger partial charge in [-0.2, -0.15) is 5.26 Å². The lowest BCUT2D eigenvalue weighted by Gasteiger charge is -2.30. The zero-order valence-electron chi connectivity index (χ0n) is 12.5. The second-order valence-corrected chi connectivity index (χ2v) is 5.23. The van der Waals surface area contributed by atoms with Crippen molar-refractivity contribution in [3.8, 4) is 6.07 Å². The Morgan fingerprint density at radius 2 is 1.95 bits per heavy atom. The lowest BCUT2D eigenvalue weighted by Crippen LogP contribution is -2.44. The number of carbonyl (C=O) groups excluding carboxylic acids is 2. The van der Waals surface area contributed by atoms with Crippen LogP contribution in [0, 0.1) is 17.2 Å². The van der Waals surface area contributed by atoms with E-state index in [4.69, 9.17) is 5.26 Å². The van der Waals surface area contributed by atoms with Gasteiger partial charge in [0.15, 0.2) is 0 Å². The van der Waals surface area contributed by atoms with Gasteiger partial charge in [-0.25, -0.2) is 0 Å². The first-order chi connectivity index (χ1) is 9.47. The third-order valence-corrected chi connectivity index (χ3v) is 3.89. The van der Waals surface area contributed by atoms with Crippen LogP contribution in [0.2, 0.25) is 0 Å². The maximum absolute atomic E-state index is 12.2. The molecule has 0 radical (unpaired) electrons. The first-order valence-corrected chi connectivity index (χ1v) is 7.14. The average molecular weight is 274 g/mol.